The van der Waals surface area contributed by atoms with Crippen LogP contribution in [0.5, 0.6) is 5.75 Å². The normalized spacial score (nSPS) is 11.2. The van der Waals surface area contributed by atoms with E-state index in [1.807, 2.05) is 66.7 Å². The van der Waals surface area contributed by atoms with Crippen LogP contribution in [0, 0.1) is 0 Å². The lowest BCUT2D eigenvalue weighted by atomic mass is 10.0. The highest BCUT2D eigenvalue weighted by Gasteiger charge is 2.19. The summed E-state index contributed by atoms with van der Waals surface area (Å²) >= 11 is 0. The van der Waals surface area contributed by atoms with Crippen molar-refractivity contribution in [2.24, 2.45) is 10.3 Å². The van der Waals surface area contributed by atoms with Gasteiger partial charge < -0.3 is 19.1 Å². The summed E-state index contributed by atoms with van der Waals surface area (Å²) in [4.78, 5) is 22.3. The minimum atomic E-state index is -0.602. The first-order valence-corrected chi connectivity index (χ1v) is 9.91. The van der Waals surface area contributed by atoms with E-state index in [9.17, 15) is 4.79 Å². The van der Waals surface area contributed by atoms with E-state index in [2.05, 4.69) is 10.3 Å². The molecule has 0 aliphatic rings. The van der Waals surface area contributed by atoms with E-state index >= 15 is 0 Å². The fourth-order valence-corrected chi connectivity index (χ4v) is 2.89. The third kappa shape index (κ3) is 6.43. The maximum Gasteiger partial charge on any atom is 0.360 e. The fraction of sp³-hybridized carbons (Fsp3) is 0.160. The van der Waals surface area contributed by atoms with E-state index in [1.165, 1.54) is 14.2 Å². The summed E-state index contributed by atoms with van der Waals surface area (Å²) in [6, 6.07) is 24.7. The Hall–Kier alpha value is -4.13. The van der Waals surface area contributed by atoms with Gasteiger partial charge in [0, 0.05) is 11.1 Å². The molecule has 0 saturated heterocycles. The van der Waals surface area contributed by atoms with Crippen molar-refractivity contribution in [3.05, 3.63) is 101 Å². The third-order valence-electron chi connectivity index (χ3n) is 4.44. The van der Waals surface area contributed by atoms with Crippen LogP contribution in [0.25, 0.3) is 0 Å². The molecule has 0 unspecified atom stereocenters. The van der Waals surface area contributed by atoms with E-state index in [-0.39, 0.29) is 12.3 Å². The molecule has 32 heavy (non-hydrogen) atoms. The van der Waals surface area contributed by atoms with E-state index in [0.29, 0.717) is 17.7 Å². The van der Waals surface area contributed by atoms with Crippen molar-refractivity contribution in [1.82, 2.24) is 0 Å². The van der Waals surface area contributed by atoms with Gasteiger partial charge in [0.1, 0.15) is 26.1 Å². The molecule has 0 bridgehead atoms. The zero-order chi connectivity index (χ0) is 22.6. The molecule has 164 valence electrons. The Morgan fingerprint density at radius 3 is 2.47 bits per heavy atom. The number of ether oxygens (including phenoxy) is 2. The van der Waals surface area contributed by atoms with Crippen LogP contribution in [-0.2, 0) is 32.4 Å². The van der Waals surface area contributed by atoms with E-state index in [0.717, 1.165) is 16.9 Å². The first kappa shape index (κ1) is 22.6. The number of esters is 1. The Bertz CT molecular complexity index is 1080. The average molecular weight is 432 g/mol. The summed E-state index contributed by atoms with van der Waals surface area (Å²) in [6.07, 6.45) is 1.60. The molecule has 7 heteroatoms. The van der Waals surface area contributed by atoms with Crippen LogP contribution >= 0.6 is 0 Å². The average Bonchev–Trinajstić information content (AvgIpc) is 2.85. The zero-order valence-electron chi connectivity index (χ0n) is 17.9. The highest BCUT2D eigenvalue weighted by atomic mass is 16.6. The van der Waals surface area contributed by atoms with Gasteiger partial charge in [-0.1, -0.05) is 77.0 Å². The second-order valence-electron chi connectivity index (χ2n) is 6.63. The van der Waals surface area contributed by atoms with Crippen LogP contribution in [0.15, 0.2) is 89.2 Å². The van der Waals surface area contributed by atoms with E-state index in [1.54, 1.807) is 18.3 Å². The fourth-order valence-electron chi connectivity index (χ4n) is 2.89. The van der Waals surface area contributed by atoms with Crippen molar-refractivity contribution in [2.75, 3.05) is 14.2 Å². The molecule has 0 aliphatic heterocycles. The van der Waals surface area contributed by atoms with Crippen molar-refractivity contribution in [3.8, 4) is 5.75 Å². The molecule has 3 aromatic carbocycles. The minimum absolute atomic E-state index is 0.0569. The number of oxime groups is 2. The van der Waals surface area contributed by atoms with Gasteiger partial charge in [0.25, 0.3) is 0 Å². The molecule has 0 amide bonds. The molecule has 3 aromatic rings. The summed E-state index contributed by atoms with van der Waals surface area (Å²) in [6.45, 7) is 0.622. The lowest BCUT2D eigenvalue weighted by molar-refractivity contribution is -0.132. The van der Waals surface area contributed by atoms with Crippen molar-refractivity contribution in [2.45, 2.75) is 13.2 Å². The second kappa shape index (κ2) is 11.9. The van der Waals surface area contributed by atoms with Crippen LogP contribution in [0.3, 0.4) is 0 Å². The molecule has 0 N–H and O–H groups in total. The van der Waals surface area contributed by atoms with Gasteiger partial charge in [0.2, 0.25) is 0 Å². The van der Waals surface area contributed by atoms with Crippen LogP contribution in [0.2, 0.25) is 0 Å². The minimum Gasteiger partial charge on any atom is -0.489 e. The van der Waals surface area contributed by atoms with Gasteiger partial charge in [0.05, 0.1) is 13.3 Å². The summed E-state index contributed by atoms with van der Waals surface area (Å²) in [7, 11) is 2.65. The van der Waals surface area contributed by atoms with E-state index in [4.69, 9.17) is 19.1 Å². The van der Waals surface area contributed by atoms with E-state index < -0.39 is 5.97 Å². The molecular weight excluding hydrogens is 408 g/mol. The molecule has 0 saturated carbocycles. The Labute approximate surface area is 186 Å². The summed E-state index contributed by atoms with van der Waals surface area (Å²) in [5.74, 6) is 0.136. The largest absolute Gasteiger partial charge is 0.489 e. The zero-order valence-corrected chi connectivity index (χ0v) is 17.9. The van der Waals surface area contributed by atoms with Crippen molar-refractivity contribution < 1.29 is 23.9 Å². The standard InChI is InChI=1S/C25H24N2O5/c1-29-25(28)24(27-30-2)23-14-7-6-12-21(23)18-32-26-16-20-11-8-13-22(15-20)31-17-19-9-4-3-5-10-19/h3-16H,17-18H2,1-2H3/b26-16?,27-24+. The number of hydrogen-bond acceptors (Lipinski definition) is 7. The Morgan fingerprint density at radius 1 is 0.906 bits per heavy atom. The predicted octanol–water partition coefficient (Wildman–Crippen LogP) is 4.34. The maximum atomic E-state index is 12.0. The predicted molar refractivity (Wildman–Crippen MR) is 122 cm³/mol. The highest BCUT2D eigenvalue weighted by molar-refractivity contribution is 6.43. The summed E-state index contributed by atoms with van der Waals surface area (Å²) in [5, 5.41) is 7.82. The molecule has 3 rings (SSSR count). The monoisotopic (exact) mass is 432 g/mol. The topological polar surface area (TPSA) is 78.7 Å². The van der Waals surface area contributed by atoms with Crippen LogP contribution in [0.4, 0.5) is 0 Å². The first-order valence-electron chi connectivity index (χ1n) is 9.91. The SMILES string of the molecule is CO/N=C(/C(=O)OC)c1ccccc1CON=Cc1cccc(OCc2ccccc2)c1. The number of nitrogens with zero attached hydrogens (tertiary/aromatic N) is 2. The first-order chi connectivity index (χ1) is 15.7. The number of rotatable bonds is 10. The van der Waals surface area contributed by atoms with Crippen LogP contribution in [-0.4, -0.2) is 32.1 Å². The summed E-state index contributed by atoms with van der Waals surface area (Å²) < 4.78 is 10.6. The van der Waals surface area contributed by atoms with Gasteiger partial charge in [0.15, 0.2) is 5.71 Å². The van der Waals surface area contributed by atoms with Gasteiger partial charge in [-0.05, 0) is 23.3 Å². The van der Waals surface area contributed by atoms with Gasteiger partial charge >= 0.3 is 5.97 Å². The van der Waals surface area contributed by atoms with Crippen LogP contribution in [0.1, 0.15) is 22.3 Å². The van der Waals surface area contributed by atoms with Crippen molar-refractivity contribution in [1.29, 1.82) is 0 Å². The number of hydrogen-bond donors (Lipinski definition) is 0. The third-order valence-corrected chi connectivity index (χ3v) is 4.44. The summed E-state index contributed by atoms with van der Waals surface area (Å²) in [5.41, 5.74) is 3.25. The number of carbonyl (C=O) groups is 1. The quantitative estimate of drug-likeness (QED) is 0.271. The number of carbonyl (C=O) groups excluding carboxylic acids is 1. The molecule has 0 aromatic heterocycles. The smallest absolute Gasteiger partial charge is 0.360 e. The van der Waals surface area contributed by atoms with Gasteiger partial charge in [-0.15, -0.1) is 0 Å². The van der Waals surface area contributed by atoms with Crippen molar-refractivity contribution in [3.63, 3.8) is 0 Å². The Morgan fingerprint density at radius 2 is 1.69 bits per heavy atom. The number of methoxy groups -OCH3 is 1. The lowest BCUT2D eigenvalue weighted by Gasteiger charge is -2.09. The molecule has 0 fully saturated rings. The van der Waals surface area contributed by atoms with Crippen LogP contribution < -0.4 is 4.74 Å². The Balaban J connectivity index is 1.62. The molecule has 0 heterocycles. The molecule has 7 nitrogen and oxygen atoms in total. The van der Waals surface area contributed by atoms with Gasteiger partial charge in [-0.2, -0.15) is 0 Å². The van der Waals surface area contributed by atoms with Crippen molar-refractivity contribution >= 4 is 17.9 Å². The molecular formula is C25H24N2O5. The lowest BCUT2D eigenvalue weighted by Crippen LogP contribution is -2.19. The van der Waals surface area contributed by atoms with Gasteiger partial charge in [-0.25, -0.2) is 4.79 Å². The number of benzene rings is 3. The molecule has 0 atom stereocenters. The van der Waals surface area contributed by atoms with Gasteiger partial charge in [-0.3, -0.25) is 0 Å². The molecule has 0 radical (unpaired) electrons. The Kier molecular flexibility index (Phi) is 8.39. The highest BCUT2D eigenvalue weighted by Crippen LogP contribution is 2.15. The molecule has 0 spiro atoms. The maximum absolute atomic E-state index is 12.0. The second-order valence-corrected chi connectivity index (χ2v) is 6.63. The molecule has 0 aliphatic carbocycles.